The second-order valence-electron chi connectivity index (χ2n) is 8.17. The van der Waals surface area contributed by atoms with Crippen molar-refractivity contribution in [2.75, 3.05) is 53.4 Å². The molecule has 2 aliphatic rings. The number of piperidine rings is 1. The zero-order valence-corrected chi connectivity index (χ0v) is 19.4. The van der Waals surface area contributed by atoms with Crippen LogP contribution in [0.15, 0.2) is 24.3 Å². The minimum atomic E-state index is -0.250. The Morgan fingerprint density at radius 3 is 2.12 bits per heavy atom. The third kappa shape index (κ3) is 9.65. The second-order valence-corrected chi connectivity index (χ2v) is 8.17. The quantitative estimate of drug-likeness (QED) is 0.649. The smallest absolute Gasteiger partial charge is 0.290 e. The van der Waals surface area contributed by atoms with Crippen molar-refractivity contribution >= 4 is 18.9 Å². The third-order valence-corrected chi connectivity index (χ3v) is 5.94. The predicted molar refractivity (Wildman–Crippen MR) is 122 cm³/mol. The molecular formula is C23H37N3O6. The van der Waals surface area contributed by atoms with E-state index in [1.54, 1.807) is 7.11 Å². The van der Waals surface area contributed by atoms with Crippen molar-refractivity contribution in [1.82, 2.24) is 14.7 Å². The number of likely N-dealkylation sites (tertiary alicyclic amines) is 1. The van der Waals surface area contributed by atoms with E-state index in [9.17, 15) is 4.79 Å². The summed E-state index contributed by atoms with van der Waals surface area (Å²) in [5, 5.41) is 13.8. The Kier molecular flexibility index (Phi) is 13.0. The standard InChI is InChI=1S/C21H33N3O2.2CH2O2/c1-17-15-22(2)12-13-24(17)16-19-8-10-23(11-9-19)21(25)14-18-4-6-20(26-3)7-5-18;2*2-1-3/h4-7,17,19H,8-16H2,1-3H3;2*1H,(H,2,3). The summed E-state index contributed by atoms with van der Waals surface area (Å²) in [7, 11) is 3.87. The van der Waals surface area contributed by atoms with Crippen molar-refractivity contribution in [3.05, 3.63) is 29.8 Å². The van der Waals surface area contributed by atoms with Crippen LogP contribution < -0.4 is 4.74 Å². The van der Waals surface area contributed by atoms with Gasteiger partial charge in [-0.15, -0.1) is 0 Å². The largest absolute Gasteiger partial charge is 0.497 e. The first-order valence-corrected chi connectivity index (χ1v) is 10.9. The SMILES string of the molecule is COc1ccc(CC(=O)N2CCC(CN3CCN(C)CC3C)CC2)cc1.O=CO.O=CO. The van der Waals surface area contributed by atoms with E-state index >= 15 is 0 Å². The van der Waals surface area contributed by atoms with Gasteiger partial charge in [0.05, 0.1) is 13.5 Å². The minimum Gasteiger partial charge on any atom is -0.497 e. The highest BCUT2D eigenvalue weighted by atomic mass is 16.5. The van der Waals surface area contributed by atoms with Crippen molar-refractivity contribution in [3.8, 4) is 5.75 Å². The molecule has 1 aromatic carbocycles. The average Bonchev–Trinajstić information content (AvgIpc) is 2.78. The highest BCUT2D eigenvalue weighted by molar-refractivity contribution is 5.78. The summed E-state index contributed by atoms with van der Waals surface area (Å²) in [6.07, 6.45) is 2.75. The number of carbonyl (C=O) groups excluding carboxylic acids is 1. The van der Waals surface area contributed by atoms with Crippen molar-refractivity contribution in [2.24, 2.45) is 5.92 Å². The van der Waals surface area contributed by atoms with Gasteiger partial charge in [0.25, 0.3) is 12.9 Å². The summed E-state index contributed by atoms with van der Waals surface area (Å²) in [5.74, 6) is 1.81. The molecule has 2 saturated heterocycles. The lowest BCUT2D eigenvalue weighted by Gasteiger charge is -2.41. The lowest BCUT2D eigenvalue weighted by molar-refractivity contribution is -0.132. The number of carbonyl (C=O) groups is 3. The van der Waals surface area contributed by atoms with Gasteiger partial charge in [-0.05, 0) is 50.4 Å². The number of rotatable bonds is 5. The van der Waals surface area contributed by atoms with Gasteiger partial charge in [-0.2, -0.15) is 0 Å². The maximum atomic E-state index is 12.6. The summed E-state index contributed by atoms with van der Waals surface area (Å²) < 4.78 is 5.18. The third-order valence-electron chi connectivity index (χ3n) is 5.94. The van der Waals surface area contributed by atoms with Gasteiger partial charge < -0.3 is 24.7 Å². The van der Waals surface area contributed by atoms with Crippen LogP contribution in [0.25, 0.3) is 0 Å². The van der Waals surface area contributed by atoms with E-state index in [-0.39, 0.29) is 18.9 Å². The first-order valence-electron chi connectivity index (χ1n) is 10.9. The Morgan fingerprint density at radius 1 is 1.06 bits per heavy atom. The van der Waals surface area contributed by atoms with Crippen LogP contribution in [-0.4, -0.2) is 103 Å². The van der Waals surface area contributed by atoms with E-state index in [1.807, 2.05) is 29.2 Å². The number of benzene rings is 1. The van der Waals surface area contributed by atoms with Crippen LogP contribution in [0.2, 0.25) is 0 Å². The lowest BCUT2D eigenvalue weighted by Crippen LogP contribution is -2.52. The van der Waals surface area contributed by atoms with Gasteiger partial charge in [-0.25, -0.2) is 0 Å². The molecule has 0 saturated carbocycles. The van der Waals surface area contributed by atoms with Crippen molar-refractivity contribution in [3.63, 3.8) is 0 Å². The van der Waals surface area contributed by atoms with Crippen LogP contribution >= 0.6 is 0 Å². The molecule has 0 spiro atoms. The molecule has 1 atom stereocenters. The first-order chi connectivity index (χ1) is 15.4. The molecule has 9 nitrogen and oxygen atoms in total. The fourth-order valence-electron chi connectivity index (χ4n) is 4.17. The van der Waals surface area contributed by atoms with Gasteiger partial charge in [0.2, 0.25) is 5.91 Å². The van der Waals surface area contributed by atoms with Gasteiger partial charge in [0.15, 0.2) is 0 Å². The monoisotopic (exact) mass is 451 g/mol. The Hall–Kier alpha value is -2.65. The molecule has 0 aromatic heterocycles. The molecule has 2 fully saturated rings. The highest BCUT2D eigenvalue weighted by Gasteiger charge is 2.27. The van der Waals surface area contributed by atoms with Crippen LogP contribution in [0.5, 0.6) is 5.75 Å². The van der Waals surface area contributed by atoms with Crippen LogP contribution in [0.4, 0.5) is 0 Å². The number of amides is 1. The number of methoxy groups -OCH3 is 1. The molecule has 1 amide bonds. The summed E-state index contributed by atoms with van der Waals surface area (Å²) in [4.78, 5) is 36.4. The van der Waals surface area contributed by atoms with Crippen LogP contribution in [0.3, 0.4) is 0 Å². The number of piperazine rings is 1. The van der Waals surface area contributed by atoms with Crippen LogP contribution in [-0.2, 0) is 20.8 Å². The van der Waals surface area contributed by atoms with E-state index in [4.69, 9.17) is 24.5 Å². The van der Waals surface area contributed by atoms with Crippen LogP contribution in [0, 0.1) is 5.92 Å². The number of likely N-dealkylation sites (N-methyl/N-ethyl adjacent to an activating group) is 1. The van der Waals surface area contributed by atoms with Gasteiger partial charge in [0, 0.05) is 45.3 Å². The lowest BCUT2D eigenvalue weighted by atomic mass is 9.94. The Labute approximate surface area is 190 Å². The molecule has 32 heavy (non-hydrogen) atoms. The Morgan fingerprint density at radius 2 is 1.62 bits per heavy atom. The van der Waals surface area contributed by atoms with E-state index in [0.717, 1.165) is 43.2 Å². The van der Waals surface area contributed by atoms with Gasteiger partial charge in [-0.3, -0.25) is 19.3 Å². The first kappa shape index (κ1) is 27.4. The second kappa shape index (κ2) is 15.2. The summed E-state index contributed by atoms with van der Waals surface area (Å²) >= 11 is 0. The Bertz CT molecular complexity index is 671. The molecule has 2 aliphatic heterocycles. The molecule has 1 aromatic rings. The van der Waals surface area contributed by atoms with E-state index in [0.29, 0.717) is 12.5 Å². The topological polar surface area (TPSA) is 111 Å². The molecule has 0 radical (unpaired) electrons. The predicted octanol–water partition coefficient (Wildman–Crippen LogP) is 1.51. The molecule has 2 heterocycles. The maximum Gasteiger partial charge on any atom is 0.290 e. The van der Waals surface area contributed by atoms with Crippen LogP contribution in [0.1, 0.15) is 25.3 Å². The maximum absolute atomic E-state index is 12.6. The minimum absolute atomic E-state index is 0.250. The molecule has 3 rings (SSSR count). The number of ether oxygens (including phenoxy) is 1. The summed E-state index contributed by atoms with van der Waals surface area (Å²) in [6.45, 7) is 8.35. The Balaban J connectivity index is 0.000000769. The average molecular weight is 452 g/mol. The van der Waals surface area contributed by atoms with E-state index in [1.165, 1.54) is 26.2 Å². The summed E-state index contributed by atoms with van der Waals surface area (Å²) in [5.41, 5.74) is 1.06. The molecule has 2 N–H and O–H groups in total. The zero-order chi connectivity index (χ0) is 23.9. The molecule has 1 unspecified atom stereocenters. The molecule has 9 heteroatoms. The molecule has 0 bridgehead atoms. The van der Waals surface area contributed by atoms with Crippen molar-refractivity contribution < 1.29 is 29.3 Å². The highest BCUT2D eigenvalue weighted by Crippen LogP contribution is 2.22. The van der Waals surface area contributed by atoms with E-state index < -0.39 is 0 Å². The number of hydrogen-bond acceptors (Lipinski definition) is 6. The van der Waals surface area contributed by atoms with Crippen molar-refractivity contribution in [2.45, 2.75) is 32.2 Å². The fourth-order valence-corrected chi connectivity index (χ4v) is 4.17. The molecule has 0 aliphatic carbocycles. The van der Waals surface area contributed by atoms with E-state index in [2.05, 4.69) is 23.8 Å². The van der Waals surface area contributed by atoms with Gasteiger partial charge in [0.1, 0.15) is 5.75 Å². The van der Waals surface area contributed by atoms with Gasteiger partial charge in [-0.1, -0.05) is 12.1 Å². The summed E-state index contributed by atoms with van der Waals surface area (Å²) in [6, 6.07) is 8.46. The van der Waals surface area contributed by atoms with Gasteiger partial charge >= 0.3 is 0 Å². The zero-order valence-electron chi connectivity index (χ0n) is 19.4. The number of hydrogen-bond donors (Lipinski definition) is 2. The fraction of sp³-hybridized carbons (Fsp3) is 0.609. The molecule has 180 valence electrons. The molecular weight excluding hydrogens is 414 g/mol. The van der Waals surface area contributed by atoms with Crippen molar-refractivity contribution in [1.29, 1.82) is 0 Å². The number of carboxylic acid groups (broad SMARTS) is 2. The number of nitrogens with zero attached hydrogens (tertiary/aromatic N) is 3. The normalized spacial score (nSPS) is 19.6.